The third-order valence-electron chi connectivity index (χ3n) is 1.66. The third kappa shape index (κ3) is 1.85. The lowest BCUT2D eigenvalue weighted by molar-refractivity contribution is 0.110. The van der Waals surface area contributed by atoms with Gasteiger partial charge in [-0.1, -0.05) is 0 Å². The predicted octanol–water partition coefficient (Wildman–Crippen LogP) is 0.829. The van der Waals surface area contributed by atoms with Gasteiger partial charge in [-0.05, 0) is 15.9 Å². The summed E-state index contributed by atoms with van der Waals surface area (Å²) in [6, 6.07) is 0. The number of halogens is 1. The van der Waals surface area contributed by atoms with E-state index in [-0.39, 0.29) is 6.10 Å². The molecule has 1 rings (SSSR count). The molecule has 0 aromatic carbocycles. The number of methoxy groups -OCH3 is 1. The van der Waals surface area contributed by atoms with E-state index in [1.54, 1.807) is 11.8 Å². The van der Waals surface area contributed by atoms with E-state index in [4.69, 9.17) is 10.5 Å². The minimum atomic E-state index is -0.0759. The summed E-state index contributed by atoms with van der Waals surface area (Å²) < 4.78 is 7.69. The number of rotatable bonds is 3. The summed E-state index contributed by atoms with van der Waals surface area (Å²) in [7, 11) is 3.49. The first-order valence-corrected chi connectivity index (χ1v) is 4.40. The molecular weight excluding hydrogens is 222 g/mol. The normalized spacial score (nSPS) is 13.3. The summed E-state index contributed by atoms with van der Waals surface area (Å²) in [4.78, 5) is 0. The Kier molecular flexibility index (Phi) is 3.25. The summed E-state index contributed by atoms with van der Waals surface area (Å²) in [6.45, 7) is 0.459. The Hall–Kier alpha value is -0.390. The van der Waals surface area contributed by atoms with Gasteiger partial charge in [0.05, 0.1) is 6.10 Å². The Balaban J connectivity index is 2.91. The molecule has 68 valence electrons. The highest BCUT2D eigenvalue weighted by atomic mass is 79.9. The fourth-order valence-electron chi connectivity index (χ4n) is 1.05. The molecule has 0 bridgehead atoms. The number of aromatic nitrogens is 2. The third-order valence-corrected chi connectivity index (χ3v) is 2.27. The number of nitrogens with zero attached hydrogens (tertiary/aromatic N) is 2. The first-order valence-electron chi connectivity index (χ1n) is 3.61. The molecule has 1 unspecified atom stereocenters. The SMILES string of the molecule is COC(CN)c1cn(C)nc1Br. The molecule has 1 heterocycles. The van der Waals surface area contributed by atoms with Crippen LogP contribution in [0.4, 0.5) is 0 Å². The summed E-state index contributed by atoms with van der Waals surface area (Å²) in [5.41, 5.74) is 6.50. The molecule has 0 fully saturated rings. The average molecular weight is 234 g/mol. The second-order valence-electron chi connectivity index (χ2n) is 2.51. The lowest BCUT2D eigenvalue weighted by atomic mass is 10.2. The molecule has 0 aliphatic carbocycles. The Bertz CT molecular complexity index is 257. The van der Waals surface area contributed by atoms with E-state index in [1.807, 2.05) is 13.2 Å². The zero-order valence-electron chi connectivity index (χ0n) is 7.12. The monoisotopic (exact) mass is 233 g/mol. The van der Waals surface area contributed by atoms with Crippen LogP contribution in [0.15, 0.2) is 10.8 Å². The van der Waals surface area contributed by atoms with Crippen molar-refractivity contribution in [1.82, 2.24) is 9.78 Å². The summed E-state index contributed by atoms with van der Waals surface area (Å²) in [5.74, 6) is 0. The van der Waals surface area contributed by atoms with Crippen LogP contribution in [-0.2, 0) is 11.8 Å². The highest BCUT2D eigenvalue weighted by Gasteiger charge is 2.14. The van der Waals surface area contributed by atoms with Crippen LogP contribution in [0.5, 0.6) is 0 Å². The topological polar surface area (TPSA) is 53.1 Å². The van der Waals surface area contributed by atoms with E-state index >= 15 is 0 Å². The predicted molar refractivity (Wildman–Crippen MR) is 49.7 cm³/mol. The number of nitrogens with two attached hydrogens (primary N) is 1. The number of ether oxygens (including phenoxy) is 1. The van der Waals surface area contributed by atoms with E-state index in [9.17, 15) is 0 Å². The number of hydrogen-bond donors (Lipinski definition) is 1. The fourth-order valence-corrected chi connectivity index (χ4v) is 1.65. The van der Waals surface area contributed by atoms with Crippen molar-refractivity contribution in [1.29, 1.82) is 0 Å². The van der Waals surface area contributed by atoms with Gasteiger partial charge < -0.3 is 10.5 Å². The van der Waals surface area contributed by atoms with Crippen molar-refractivity contribution in [3.63, 3.8) is 0 Å². The van der Waals surface area contributed by atoms with E-state index in [0.717, 1.165) is 10.2 Å². The van der Waals surface area contributed by atoms with Gasteiger partial charge in [0.2, 0.25) is 0 Å². The lowest BCUT2D eigenvalue weighted by Crippen LogP contribution is -2.13. The quantitative estimate of drug-likeness (QED) is 0.842. The van der Waals surface area contributed by atoms with Gasteiger partial charge in [0.1, 0.15) is 4.60 Å². The molecule has 0 aliphatic rings. The van der Waals surface area contributed by atoms with Crippen LogP contribution in [0.2, 0.25) is 0 Å². The van der Waals surface area contributed by atoms with Crippen LogP contribution in [-0.4, -0.2) is 23.4 Å². The molecule has 1 atom stereocenters. The van der Waals surface area contributed by atoms with Crippen LogP contribution < -0.4 is 5.73 Å². The van der Waals surface area contributed by atoms with Crippen LogP contribution >= 0.6 is 15.9 Å². The summed E-state index contributed by atoms with van der Waals surface area (Å²) >= 11 is 3.33. The highest BCUT2D eigenvalue weighted by Crippen LogP contribution is 2.22. The smallest absolute Gasteiger partial charge is 0.133 e. The van der Waals surface area contributed by atoms with Crippen molar-refractivity contribution in [2.75, 3.05) is 13.7 Å². The standard InChI is InChI=1S/C7H12BrN3O/c1-11-4-5(7(8)10-11)6(3-9)12-2/h4,6H,3,9H2,1-2H3. The molecule has 0 saturated heterocycles. The van der Waals surface area contributed by atoms with Gasteiger partial charge in [-0.25, -0.2) is 0 Å². The van der Waals surface area contributed by atoms with E-state index < -0.39 is 0 Å². The molecule has 1 aromatic heterocycles. The van der Waals surface area contributed by atoms with Crippen molar-refractivity contribution in [3.05, 3.63) is 16.4 Å². The first kappa shape index (κ1) is 9.70. The first-order chi connectivity index (χ1) is 5.69. The Morgan fingerprint density at radius 2 is 2.50 bits per heavy atom. The zero-order chi connectivity index (χ0) is 9.14. The minimum Gasteiger partial charge on any atom is -0.375 e. The van der Waals surface area contributed by atoms with Crippen molar-refractivity contribution >= 4 is 15.9 Å². The molecular formula is C7H12BrN3O. The second kappa shape index (κ2) is 4.02. The number of aryl methyl sites for hydroxylation is 1. The molecule has 0 aliphatic heterocycles. The van der Waals surface area contributed by atoms with Crippen LogP contribution in [0.1, 0.15) is 11.7 Å². The number of hydrogen-bond acceptors (Lipinski definition) is 3. The molecule has 12 heavy (non-hydrogen) atoms. The van der Waals surface area contributed by atoms with E-state index in [2.05, 4.69) is 21.0 Å². The molecule has 0 radical (unpaired) electrons. The Labute approximate surface area is 79.8 Å². The molecule has 0 saturated carbocycles. The van der Waals surface area contributed by atoms with Crippen LogP contribution in [0.25, 0.3) is 0 Å². The van der Waals surface area contributed by atoms with Crippen molar-refractivity contribution in [3.8, 4) is 0 Å². The van der Waals surface area contributed by atoms with Gasteiger partial charge in [0.15, 0.2) is 0 Å². The average Bonchev–Trinajstić information content (AvgIpc) is 2.34. The molecule has 2 N–H and O–H groups in total. The molecule has 0 spiro atoms. The van der Waals surface area contributed by atoms with E-state index in [0.29, 0.717) is 6.54 Å². The lowest BCUT2D eigenvalue weighted by Gasteiger charge is -2.10. The molecule has 1 aromatic rings. The summed E-state index contributed by atoms with van der Waals surface area (Å²) in [5, 5.41) is 4.13. The van der Waals surface area contributed by atoms with Gasteiger partial charge in [-0.3, -0.25) is 4.68 Å². The molecule has 5 heteroatoms. The van der Waals surface area contributed by atoms with Crippen LogP contribution in [0, 0.1) is 0 Å². The van der Waals surface area contributed by atoms with Crippen molar-refractivity contribution in [2.45, 2.75) is 6.10 Å². The second-order valence-corrected chi connectivity index (χ2v) is 3.26. The molecule has 0 amide bonds. The maximum atomic E-state index is 5.51. The fraction of sp³-hybridized carbons (Fsp3) is 0.571. The van der Waals surface area contributed by atoms with Crippen molar-refractivity contribution in [2.24, 2.45) is 12.8 Å². The Morgan fingerprint density at radius 1 is 1.83 bits per heavy atom. The van der Waals surface area contributed by atoms with Crippen molar-refractivity contribution < 1.29 is 4.74 Å². The van der Waals surface area contributed by atoms with Gasteiger partial charge in [0.25, 0.3) is 0 Å². The summed E-state index contributed by atoms with van der Waals surface area (Å²) in [6.07, 6.45) is 1.82. The minimum absolute atomic E-state index is 0.0759. The zero-order valence-corrected chi connectivity index (χ0v) is 8.71. The Morgan fingerprint density at radius 3 is 2.83 bits per heavy atom. The molecule has 4 nitrogen and oxygen atoms in total. The highest BCUT2D eigenvalue weighted by molar-refractivity contribution is 9.10. The van der Waals surface area contributed by atoms with Gasteiger partial charge in [-0.2, -0.15) is 5.10 Å². The van der Waals surface area contributed by atoms with E-state index in [1.165, 1.54) is 0 Å². The van der Waals surface area contributed by atoms with Gasteiger partial charge in [-0.15, -0.1) is 0 Å². The largest absolute Gasteiger partial charge is 0.375 e. The maximum Gasteiger partial charge on any atom is 0.133 e. The van der Waals surface area contributed by atoms with Gasteiger partial charge >= 0.3 is 0 Å². The van der Waals surface area contributed by atoms with Crippen LogP contribution in [0.3, 0.4) is 0 Å². The maximum absolute atomic E-state index is 5.51. The van der Waals surface area contributed by atoms with Gasteiger partial charge in [0, 0.05) is 32.5 Å².